The summed E-state index contributed by atoms with van der Waals surface area (Å²) in [6.45, 7) is 0. The zero-order valence-corrected chi connectivity index (χ0v) is 9.58. The van der Waals surface area contributed by atoms with Crippen LogP contribution in [-0.4, -0.2) is 0 Å². The molecule has 1 heterocycles. The number of nitrogens with zero attached hydrogens (tertiary/aromatic N) is 1. The van der Waals surface area contributed by atoms with E-state index in [0.717, 1.165) is 12.0 Å². The minimum absolute atomic E-state index is 0.964. The predicted octanol–water partition coefficient (Wildman–Crippen LogP) is 3.88. The highest BCUT2D eigenvalue weighted by atomic mass is 32.1. The summed E-state index contributed by atoms with van der Waals surface area (Å²) in [5, 5.41) is 10.5. The van der Waals surface area contributed by atoms with Gasteiger partial charge < -0.3 is 0 Å². The topological polar surface area (TPSA) is 23.8 Å². The van der Waals surface area contributed by atoms with E-state index >= 15 is 0 Å². The van der Waals surface area contributed by atoms with Gasteiger partial charge in [-0.05, 0) is 28.6 Å². The third-order valence-corrected chi connectivity index (χ3v) is 3.20. The van der Waals surface area contributed by atoms with Crippen molar-refractivity contribution in [2.45, 2.75) is 6.42 Å². The normalized spacial score (nSPS) is 10.4. The summed E-state index contributed by atoms with van der Waals surface area (Å²) in [6, 6.07) is 14.5. The lowest BCUT2D eigenvalue weighted by Gasteiger charge is -1.96. The van der Waals surface area contributed by atoms with Crippen LogP contribution in [0, 0.1) is 11.3 Å². The van der Waals surface area contributed by atoms with Gasteiger partial charge in [0, 0.05) is 17.4 Å². The molecule has 1 aromatic carbocycles. The maximum absolute atomic E-state index is 8.44. The van der Waals surface area contributed by atoms with Crippen molar-refractivity contribution >= 4 is 17.4 Å². The molecule has 1 aromatic heterocycles. The van der Waals surface area contributed by atoms with Crippen LogP contribution in [0.3, 0.4) is 0 Å². The summed E-state index contributed by atoms with van der Waals surface area (Å²) in [6.07, 6.45) is 4.31. The summed E-state index contributed by atoms with van der Waals surface area (Å²) in [5.74, 6) is 0. The maximum atomic E-state index is 8.44. The Hall–Kier alpha value is -1.85. The SMILES string of the molecule is N#C/C=C/c1csc(Cc2ccccc2)c1. The monoisotopic (exact) mass is 225 g/mol. The lowest BCUT2D eigenvalue weighted by Crippen LogP contribution is -1.82. The first-order valence-electron chi connectivity index (χ1n) is 5.06. The van der Waals surface area contributed by atoms with Gasteiger partial charge in [0.1, 0.15) is 0 Å². The molecule has 0 spiro atoms. The van der Waals surface area contributed by atoms with Crippen LogP contribution in [0.2, 0.25) is 0 Å². The fourth-order valence-corrected chi connectivity index (χ4v) is 2.40. The van der Waals surface area contributed by atoms with Crippen LogP contribution in [0.15, 0.2) is 47.9 Å². The molecule has 16 heavy (non-hydrogen) atoms. The Kier molecular flexibility index (Phi) is 3.53. The largest absolute Gasteiger partial charge is 0.193 e. The van der Waals surface area contributed by atoms with Crippen molar-refractivity contribution in [1.82, 2.24) is 0 Å². The zero-order chi connectivity index (χ0) is 11.2. The number of benzene rings is 1. The summed E-state index contributed by atoms with van der Waals surface area (Å²) in [5.41, 5.74) is 2.43. The number of hydrogen-bond acceptors (Lipinski definition) is 2. The lowest BCUT2D eigenvalue weighted by atomic mass is 10.1. The van der Waals surface area contributed by atoms with Gasteiger partial charge in [0.05, 0.1) is 6.07 Å². The Morgan fingerprint density at radius 3 is 2.81 bits per heavy atom. The number of thiophene rings is 1. The van der Waals surface area contributed by atoms with E-state index in [1.54, 1.807) is 11.3 Å². The van der Waals surface area contributed by atoms with E-state index in [-0.39, 0.29) is 0 Å². The van der Waals surface area contributed by atoms with Crippen LogP contribution < -0.4 is 0 Å². The Labute approximate surface area is 99.3 Å². The van der Waals surface area contributed by atoms with Crippen LogP contribution in [0.4, 0.5) is 0 Å². The van der Waals surface area contributed by atoms with Gasteiger partial charge in [0.15, 0.2) is 0 Å². The second kappa shape index (κ2) is 5.29. The van der Waals surface area contributed by atoms with Crippen molar-refractivity contribution in [3.63, 3.8) is 0 Å². The van der Waals surface area contributed by atoms with Gasteiger partial charge in [-0.15, -0.1) is 11.3 Å². The highest BCUT2D eigenvalue weighted by Gasteiger charge is 1.98. The number of hydrogen-bond donors (Lipinski definition) is 0. The van der Waals surface area contributed by atoms with Crippen molar-refractivity contribution in [2.75, 3.05) is 0 Å². The van der Waals surface area contributed by atoms with E-state index in [1.165, 1.54) is 16.5 Å². The molecular formula is C14H11NS. The Morgan fingerprint density at radius 1 is 1.25 bits per heavy atom. The van der Waals surface area contributed by atoms with E-state index in [4.69, 9.17) is 5.26 Å². The molecule has 0 fully saturated rings. The molecule has 0 N–H and O–H groups in total. The smallest absolute Gasteiger partial charge is 0.0912 e. The maximum Gasteiger partial charge on any atom is 0.0912 e. The van der Waals surface area contributed by atoms with E-state index < -0.39 is 0 Å². The molecule has 0 aliphatic heterocycles. The van der Waals surface area contributed by atoms with E-state index in [9.17, 15) is 0 Å². The van der Waals surface area contributed by atoms with Gasteiger partial charge in [0.2, 0.25) is 0 Å². The van der Waals surface area contributed by atoms with Gasteiger partial charge in [-0.3, -0.25) is 0 Å². The highest BCUT2D eigenvalue weighted by Crippen LogP contribution is 2.19. The van der Waals surface area contributed by atoms with E-state index in [2.05, 4.69) is 35.7 Å². The molecule has 0 aliphatic rings. The molecule has 2 aromatic rings. The number of allylic oxidation sites excluding steroid dienone is 1. The van der Waals surface area contributed by atoms with Crippen LogP contribution in [0.1, 0.15) is 16.0 Å². The molecule has 1 nitrogen and oxygen atoms in total. The van der Waals surface area contributed by atoms with Crippen LogP contribution >= 0.6 is 11.3 Å². The second-order valence-corrected chi connectivity index (χ2v) is 4.47. The van der Waals surface area contributed by atoms with E-state index in [1.807, 2.05) is 18.2 Å². The van der Waals surface area contributed by atoms with Gasteiger partial charge in [-0.1, -0.05) is 30.3 Å². The number of rotatable bonds is 3. The Bertz CT molecular complexity index is 517. The van der Waals surface area contributed by atoms with Gasteiger partial charge in [-0.2, -0.15) is 5.26 Å². The first kappa shape index (κ1) is 10.7. The molecule has 0 aliphatic carbocycles. The number of nitriles is 1. The summed E-state index contributed by atoms with van der Waals surface area (Å²) < 4.78 is 0. The summed E-state index contributed by atoms with van der Waals surface area (Å²) in [7, 11) is 0. The lowest BCUT2D eigenvalue weighted by molar-refractivity contribution is 1.24. The van der Waals surface area contributed by atoms with Crippen molar-refractivity contribution in [3.8, 4) is 6.07 Å². The minimum Gasteiger partial charge on any atom is -0.193 e. The molecule has 0 amide bonds. The fraction of sp³-hybridized carbons (Fsp3) is 0.0714. The summed E-state index contributed by atoms with van der Waals surface area (Å²) in [4.78, 5) is 1.32. The summed E-state index contributed by atoms with van der Waals surface area (Å²) >= 11 is 1.73. The first-order chi connectivity index (χ1) is 7.88. The predicted molar refractivity (Wildman–Crippen MR) is 68.2 cm³/mol. The highest BCUT2D eigenvalue weighted by molar-refractivity contribution is 7.10. The fourth-order valence-electron chi connectivity index (χ4n) is 1.51. The molecule has 78 valence electrons. The molecule has 0 bridgehead atoms. The molecule has 0 atom stereocenters. The average molecular weight is 225 g/mol. The van der Waals surface area contributed by atoms with Crippen molar-refractivity contribution < 1.29 is 0 Å². The van der Waals surface area contributed by atoms with Crippen molar-refractivity contribution in [2.24, 2.45) is 0 Å². The van der Waals surface area contributed by atoms with Gasteiger partial charge in [0.25, 0.3) is 0 Å². The molecule has 0 saturated heterocycles. The third-order valence-electron chi connectivity index (χ3n) is 2.25. The zero-order valence-electron chi connectivity index (χ0n) is 8.76. The van der Waals surface area contributed by atoms with Crippen molar-refractivity contribution in [1.29, 1.82) is 5.26 Å². The van der Waals surface area contributed by atoms with Gasteiger partial charge in [-0.25, -0.2) is 0 Å². The van der Waals surface area contributed by atoms with Crippen LogP contribution in [0.25, 0.3) is 6.08 Å². The first-order valence-corrected chi connectivity index (χ1v) is 5.94. The Balaban J connectivity index is 2.09. The van der Waals surface area contributed by atoms with Crippen LogP contribution in [-0.2, 0) is 6.42 Å². The Morgan fingerprint density at radius 2 is 2.06 bits per heavy atom. The quantitative estimate of drug-likeness (QED) is 0.727. The molecule has 2 heteroatoms. The molecule has 0 radical (unpaired) electrons. The molecular weight excluding hydrogens is 214 g/mol. The molecule has 0 saturated carbocycles. The molecule has 0 unspecified atom stereocenters. The second-order valence-electron chi connectivity index (χ2n) is 3.47. The van der Waals surface area contributed by atoms with Crippen molar-refractivity contribution in [3.05, 3.63) is 63.9 Å². The third kappa shape index (κ3) is 2.82. The van der Waals surface area contributed by atoms with Crippen LogP contribution in [0.5, 0.6) is 0 Å². The standard InChI is InChI=1S/C14H11NS/c15-8-4-7-13-10-14(16-11-13)9-12-5-2-1-3-6-12/h1-7,10-11H,9H2/b7-4+. The minimum atomic E-state index is 0.964. The van der Waals surface area contributed by atoms with E-state index in [0.29, 0.717) is 0 Å². The van der Waals surface area contributed by atoms with Gasteiger partial charge >= 0.3 is 0 Å². The molecule has 2 rings (SSSR count). The average Bonchev–Trinajstić information content (AvgIpc) is 2.75.